The molecule has 2 atom stereocenters. The van der Waals surface area contributed by atoms with Gasteiger partial charge in [0.25, 0.3) is 0 Å². The number of ether oxygens (including phenoxy) is 1. The van der Waals surface area contributed by atoms with Crippen LogP contribution in [-0.2, 0) is 9.53 Å². The quantitative estimate of drug-likeness (QED) is 0.872. The standard InChI is InChI=1S/C16H21ClN2O2/c1-21-15(20)16(18-14-7-3-2-6-13(14)17)8-10-19-9-4-5-12(19)11-16/h2-3,6-7,12,18H,4-5,8-11H2,1H3. The monoisotopic (exact) mass is 308 g/mol. The second-order valence-corrected chi connectivity index (χ2v) is 6.37. The van der Waals surface area contributed by atoms with Crippen LogP contribution in [0.15, 0.2) is 24.3 Å². The summed E-state index contributed by atoms with van der Waals surface area (Å²) in [5.41, 5.74) is 0.140. The van der Waals surface area contributed by atoms with Crippen LogP contribution in [0.4, 0.5) is 5.69 Å². The van der Waals surface area contributed by atoms with Gasteiger partial charge in [-0.15, -0.1) is 0 Å². The van der Waals surface area contributed by atoms with Crippen molar-refractivity contribution < 1.29 is 9.53 Å². The zero-order valence-electron chi connectivity index (χ0n) is 12.3. The number of anilines is 1. The number of benzene rings is 1. The van der Waals surface area contributed by atoms with E-state index in [0.29, 0.717) is 11.1 Å². The first-order valence-corrected chi connectivity index (χ1v) is 7.88. The number of fused-ring (bicyclic) bond motifs is 1. The number of nitrogens with one attached hydrogen (secondary N) is 1. The predicted molar refractivity (Wildman–Crippen MR) is 83.7 cm³/mol. The minimum Gasteiger partial charge on any atom is -0.467 e. The summed E-state index contributed by atoms with van der Waals surface area (Å²) in [6, 6.07) is 8.02. The van der Waals surface area contributed by atoms with Crippen molar-refractivity contribution in [3.05, 3.63) is 29.3 Å². The average molecular weight is 309 g/mol. The van der Waals surface area contributed by atoms with Crippen LogP contribution in [0.3, 0.4) is 0 Å². The summed E-state index contributed by atoms with van der Waals surface area (Å²) < 4.78 is 5.09. The Balaban J connectivity index is 1.87. The largest absolute Gasteiger partial charge is 0.467 e. The van der Waals surface area contributed by atoms with Gasteiger partial charge in [-0.05, 0) is 44.4 Å². The lowest BCUT2D eigenvalue weighted by atomic mass is 9.83. The molecule has 2 aliphatic heterocycles. The molecule has 0 spiro atoms. The van der Waals surface area contributed by atoms with E-state index < -0.39 is 5.54 Å². The van der Waals surface area contributed by atoms with Crippen molar-refractivity contribution in [1.82, 2.24) is 4.90 Å². The van der Waals surface area contributed by atoms with Crippen molar-refractivity contribution in [1.29, 1.82) is 0 Å². The van der Waals surface area contributed by atoms with Crippen molar-refractivity contribution in [2.24, 2.45) is 0 Å². The number of methoxy groups -OCH3 is 1. The lowest BCUT2D eigenvalue weighted by Crippen LogP contribution is -2.57. The fourth-order valence-corrected chi connectivity index (χ4v) is 3.81. The molecule has 1 N–H and O–H groups in total. The summed E-state index contributed by atoms with van der Waals surface area (Å²) >= 11 is 6.24. The number of para-hydroxylation sites is 1. The van der Waals surface area contributed by atoms with E-state index in [9.17, 15) is 4.79 Å². The number of rotatable bonds is 3. The van der Waals surface area contributed by atoms with Crippen molar-refractivity contribution in [2.45, 2.75) is 37.3 Å². The SMILES string of the molecule is COC(=O)C1(Nc2ccccc2Cl)CCN2CCCC2C1. The summed E-state index contributed by atoms with van der Waals surface area (Å²) in [4.78, 5) is 14.9. The van der Waals surface area contributed by atoms with Crippen LogP contribution in [0.25, 0.3) is 0 Å². The maximum Gasteiger partial charge on any atom is 0.331 e. The van der Waals surface area contributed by atoms with Gasteiger partial charge in [0.05, 0.1) is 17.8 Å². The van der Waals surface area contributed by atoms with Crippen LogP contribution in [0.5, 0.6) is 0 Å². The molecule has 0 saturated carbocycles. The average Bonchev–Trinajstić information content (AvgIpc) is 2.96. The minimum atomic E-state index is -0.661. The molecule has 2 aliphatic rings. The molecular weight excluding hydrogens is 288 g/mol. The minimum absolute atomic E-state index is 0.186. The fourth-order valence-electron chi connectivity index (χ4n) is 3.63. The summed E-state index contributed by atoms with van der Waals surface area (Å²) in [6.07, 6.45) is 3.91. The zero-order chi connectivity index (χ0) is 14.9. The third-order valence-electron chi connectivity index (χ3n) is 4.73. The molecule has 5 heteroatoms. The van der Waals surface area contributed by atoms with E-state index in [1.165, 1.54) is 13.5 Å². The molecule has 0 aliphatic carbocycles. The van der Waals surface area contributed by atoms with Gasteiger partial charge in [-0.3, -0.25) is 0 Å². The van der Waals surface area contributed by atoms with Crippen molar-refractivity contribution >= 4 is 23.3 Å². The molecule has 1 aromatic carbocycles. The Kier molecular flexibility index (Phi) is 4.09. The molecule has 0 amide bonds. The first-order valence-electron chi connectivity index (χ1n) is 7.50. The smallest absolute Gasteiger partial charge is 0.331 e. The molecule has 2 unspecified atom stereocenters. The molecule has 114 valence electrons. The van der Waals surface area contributed by atoms with E-state index in [-0.39, 0.29) is 5.97 Å². The van der Waals surface area contributed by atoms with E-state index in [0.717, 1.165) is 38.0 Å². The maximum atomic E-state index is 12.4. The topological polar surface area (TPSA) is 41.6 Å². The predicted octanol–water partition coefficient (Wildman–Crippen LogP) is 2.92. The van der Waals surface area contributed by atoms with Crippen molar-refractivity contribution in [3.8, 4) is 0 Å². The summed E-state index contributed by atoms with van der Waals surface area (Å²) in [5.74, 6) is -0.186. The van der Waals surface area contributed by atoms with Gasteiger partial charge < -0.3 is 15.0 Å². The fraction of sp³-hybridized carbons (Fsp3) is 0.562. The van der Waals surface area contributed by atoms with Crippen LogP contribution in [0.2, 0.25) is 5.02 Å². The Morgan fingerprint density at radius 3 is 3.00 bits per heavy atom. The van der Waals surface area contributed by atoms with Gasteiger partial charge in [-0.1, -0.05) is 23.7 Å². The molecule has 3 rings (SSSR count). The van der Waals surface area contributed by atoms with Gasteiger partial charge in [-0.2, -0.15) is 0 Å². The van der Waals surface area contributed by atoms with Gasteiger partial charge in [0.15, 0.2) is 0 Å². The lowest BCUT2D eigenvalue weighted by molar-refractivity contribution is -0.148. The van der Waals surface area contributed by atoms with Crippen LogP contribution >= 0.6 is 11.6 Å². The molecule has 2 heterocycles. The van der Waals surface area contributed by atoms with Crippen LogP contribution < -0.4 is 5.32 Å². The lowest BCUT2D eigenvalue weighted by Gasteiger charge is -2.43. The Morgan fingerprint density at radius 1 is 1.43 bits per heavy atom. The van der Waals surface area contributed by atoms with Crippen LogP contribution in [-0.4, -0.2) is 42.6 Å². The number of carbonyl (C=O) groups excluding carboxylic acids is 1. The number of hydrogen-bond donors (Lipinski definition) is 1. The van der Waals surface area contributed by atoms with E-state index in [1.807, 2.05) is 24.3 Å². The number of piperidine rings is 1. The van der Waals surface area contributed by atoms with Gasteiger partial charge >= 0.3 is 5.97 Å². The molecule has 0 bridgehead atoms. The van der Waals surface area contributed by atoms with Gasteiger partial charge in [0, 0.05) is 12.6 Å². The van der Waals surface area contributed by atoms with Crippen LogP contribution in [0, 0.1) is 0 Å². The van der Waals surface area contributed by atoms with Gasteiger partial charge in [0.1, 0.15) is 5.54 Å². The maximum absolute atomic E-state index is 12.4. The van der Waals surface area contributed by atoms with E-state index in [4.69, 9.17) is 16.3 Å². The summed E-state index contributed by atoms with van der Waals surface area (Å²) in [6.45, 7) is 2.07. The Hall–Kier alpha value is -1.26. The third-order valence-corrected chi connectivity index (χ3v) is 5.06. The normalized spacial score (nSPS) is 29.0. The van der Waals surface area contributed by atoms with Crippen molar-refractivity contribution in [2.75, 3.05) is 25.5 Å². The number of esters is 1. The van der Waals surface area contributed by atoms with E-state index in [1.54, 1.807) is 0 Å². The molecular formula is C16H21ClN2O2. The first kappa shape index (κ1) is 14.7. The van der Waals surface area contributed by atoms with E-state index >= 15 is 0 Å². The molecule has 0 aromatic heterocycles. The van der Waals surface area contributed by atoms with Crippen LogP contribution in [0.1, 0.15) is 25.7 Å². The molecule has 1 aromatic rings. The molecule has 4 nitrogen and oxygen atoms in total. The summed E-state index contributed by atoms with van der Waals surface area (Å²) in [5, 5.41) is 4.03. The Labute approximate surface area is 130 Å². The highest BCUT2D eigenvalue weighted by atomic mass is 35.5. The number of nitrogens with zero attached hydrogens (tertiary/aromatic N) is 1. The Morgan fingerprint density at radius 2 is 2.24 bits per heavy atom. The molecule has 21 heavy (non-hydrogen) atoms. The first-order chi connectivity index (χ1) is 10.1. The molecule has 2 fully saturated rings. The Bertz CT molecular complexity index is 537. The number of hydrogen-bond acceptors (Lipinski definition) is 4. The van der Waals surface area contributed by atoms with Crippen molar-refractivity contribution in [3.63, 3.8) is 0 Å². The highest BCUT2D eigenvalue weighted by molar-refractivity contribution is 6.33. The van der Waals surface area contributed by atoms with E-state index in [2.05, 4.69) is 10.2 Å². The zero-order valence-corrected chi connectivity index (χ0v) is 13.0. The number of carbonyl (C=O) groups is 1. The number of halogens is 1. The molecule has 0 radical (unpaired) electrons. The molecule has 2 saturated heterocycles. The van der Waals surface area contributed by atoms with Gasteiger partial charge in [-0.25, -0.2) is 4.79 Å². The highest BCUT2D eigenvalue weighted by Gasteiger charge is 2.47. The second-order valence-electron chi connectivity index (χ2n) is 5.96. The third kappa shape index (κ3) is 2.74. The highest BCUT2D eigenvalue weighted by Crippen LogP contribution is 2.37. The summed E-state index contributed by atoms with van der Waals surface area (Å²) in [7, 11) is 1.46. The van der Waals surface area contributed by atoms with Gasteiger partial charge in [0.2, 0.25) is 0 Å². The second kappa shape index (κ2) is 5.85.